The molecule has 11 aromatic rings. The molecular weight excluding hydrogens is 799 g/mol. The molecule has 0 saturated carbocycles. The van der Waals surface area contributed by atoms with Gasteiger partial charge in [0.25, 0.3) is 0 Å². The minimum atomic E-state index is -0.122. The summed E-state index contributed by atoms with van der Waals surface area (Å²) in [7, 11) is 0. The lowest BCUT2D eigenvalue weighted by Gasteiger charge is -2.58. The van der Waals surface area contributed by atoms with E-state index in [1.54, 1.807) is 0 Å². The molecule has 20 rings (SSSR count). The van der Waals surface area contributed by atoms with Gasteiger partial charge in [-0.2, -0.15) is 10.5 Å². The first-order valence-electron chi connectivity index (χ1n) is 23.5. The van der Waals surface area contributed by atoms with Gasteiger partial charge >= 0.3 is 0 Å². The van der Waals surface area contributed by atoms with Gasteiger partial charge in [-0.05, 0) is 118 Å². The molecule has 0 amide bonds. The highest BCUT2D eigenvalue weighted by Gasteiger charge is 2.70. The minimum absolute atomic E-state index is 0.0130. The van der Waals surface area contributed by atoms with Crippen molar-refractivity contribution in [3.8, 4) is 12.1 Å². The molecular formula is C63H33N3. The van der Waals surface area contributed by atoms with Gasteiger partial charge in [0, 0.05) is 62.5 Å². The molecule has 2 heterocycles. The number of nitriles is 2. The Kier molecular flexibility index (Phi) is 5.37. The van der Waals surface area contributed by atoms with Crippen molar-refractivity contribution in [2.45, 2.75) is 40.9 Å². The van der Waals surface area contributed by atoms with Crippen molar-refractivity contribution in [3.63, 3.8) is 0 Å². The van der Waals surface area contributed by atoms with Gasteiger partial charge in [0.05, 0.1) is 39.8 Å². The van der Waals surface area contributed by atoms with Gasteiger partial charge in [-0.1, -0.05) is 146 Å². The van der Waals surface area contributed by atoms with Crippen LogP contribution in [0, 0.1) is 22.7 Å². The van der Waals surface area contributed by atoms with Crippen LogP contribution in [0.4, 0.5) is 0 Å². The van der Waals surface area contributed by atoms with Gasteiger partial charge < -0.3 is 4.40 Å². The van der Waals surface area contributed by atoms with Crippen LogP contribution in [0.15, 0.2) is 164 Å². The number of rotatable bonds is 0. The van der Waals surface area contributed by atoms with Crippen LogP contribution in [0.5, 0.6) is 0 Å². The van der Waals surface area contributed by atoms with Crippen LogP contribution in [0.3, 0.4) is 0 Å². The summed E-state index contributed by atoms with van der Waals surface area (Å²) in [6.07, 6.45) is 0. The Balaban J connectivity index is 1.08. The Bertz CT molecular complexity index is 4220. The lowest BCUT2D eigenvalue weighted by Crippen LogP contribution is -2.52. The lowest BCUT2D eigenvalue weighted by atomic mass is 9.43. The Morgan fingerprint density at radius 2 is 0.742 bits per heavy atom. The maximum absolute atomic E-state index is 11.4. The molecule has 3 atom stereocenters. The van der Waals surface area contributed by atoms with E-state index < -0.39 is 0 Å². The van der Waals surface area contributed by atoms with Crippen molar-refractivity contribution >= 4 is 38.1 Å². The first kappa shape index (κ1) is 33.3. The monoisotopic (exact) mass is 831 g/mol. The van der Waals surface area contributed by atoms with Gasteiger partial charge in [-0.15, -0.1) is 0 Å². The normalized spacial score (nSPS) is 23.8. The molecule has 2 aromatic heterocycles. The third-order valence-corrected chi connectivity index (χ3v) is 18.2. The quantitative estimate of drug-likeness (QED) is 0.153. The van der Waals surface area contributed by atoms with Crippen LogP contribution >= 0.6 is 0 Å². The molecule has 9 aliphatic rings. The predicted molar refractivity (Wildman–Crippen MR) is 257 cm³/mol. The van der Waals surface area contributed by atoms with E-state index in [1.807, 2.05) is 0 Å². The highest BCUT2D eigenvalue weighted by atomic mass is 14.9. The fraction of sp³-hybridized carbons (Fsp3) is 0.111. The topological polar surface area (TPSA) is 52.0 Å². The van der Waals surface area contributed by atoms with Crippen LogP contribution in [0.25, 0.3) is 38.1 Å². The number of hydrogen-bond donors (Lipinski definition) is 0. The van der Waals surface area contributed by atoms with Crippen molar-refractivity contribution in [2.75, 3.05) is 0 Å². The molecule has 0 fully saturated rings. The van der Waals surface area contributed by atoms with E-state index in [0.717, 1.165) is 22.2 Å². The van der Waals surface area contributed by atoms with E-state index >= 15 is 0 Å². The zero-order valence-corrected chi connectivity index (χ0v) is 35.4. The smallest absolute Gasteiger partial charge is 0.0995 e. The van der Waals surface area contributed by atoms with E-state index in [1.165, 1.54) is 127 Å². The largest absolute Gasteiger partial charge is 0.308 e. The summed E-state index contributed by atoms with van der Waals surface area (Å²) in [5, 5.41) is 28.0. The van der Waals surface area contributed by atoms with Crippen molar-refractivity contribution in [2.24, 2.45) is 0 Å². The molecule has 3 nitrogen and oxygen atoms in total. The molecule has 0 aliphatic heterocycles. The fourth-order valence-electron chi connectivity index (χ4n) is 16.4. The van der Waals surface area contributed by atoms with Gasteiger partial charge in [-0.25, -0.2) is 0 Å². The first-order chi connectivity index (χ1) is 32.7. The molecule has 0 radical (unpaired) electrons. The van der Waals surface area contributed by atoms with Crippen LogP contribution in [0.1, 0.15) is 147 Å². The van der Waals surface area contributed by atoms with Crippen LogP contribution in [-0.4, -0.2) is 4.40 Å². The van der Waals surface area contributed by atoms with Crippen molar-refractivity contribution < 1.29 is 0 Å². The van der Waals surface area contributed by atoms with Crippen LogP contribution in [0.2, 0.25) is 0 Å². The zero-order chi connectivity index (χ0) is 42.6. The molecule has 3 heteroatoms. The summed E-state index contributed by atoms with van der Waals surface area (Å²) in [4.78, 5) is 0. The summed E-state index contributed by atoms with van der Waals surface area (Å²) in [6.45, 7) is 0. The molecule has 66 heavy (non-hydrogen) atoms. The highest BCUT2D eigenvalue weighted by Crippen LogP contribution is 2.78. The Hall–Kier alpha value is -8.24. The average Bonchev–Trinajstić information content (AvgIpc) is 3.95. The Morgan fingerprint density at radius 1 is 0.364 bits per heavy atom. The van der Waals surface area contributed by atoms with E-state index in [9.17, 15) is 10.5 Å². The third kappa shape index (κ3) is 3.17. The second-order valence-electron chi connectivity index (χ2n) is 20.2. The Labute approximate surface area is 379 Å². The van der Waals surface area contributed by atoms with E-state index in [4.69, 9.17) is 0 Å². The van der Waals surface area contributed by atoms with Crippen LogP contribution < -0.4 is 0 Å². The summed E-state index contributed by atoms with van der Waals surface area (Å²) < 4.78 is 2.53. The molecule has 0 saturated heterocycles. The summed E-state index contributed by atoms with van der Waals surface area (Å²) >= 11 is 0. The molecule has 1 spiro atoms. The van der Waals surface area contributed by atoms with Gasteiger partial charge in [0.1, 0.15) is 0 Å². The second-order valence-corrected chi connectivity index (χ2v) is 20.2. The highest BCUT2D eigenvalue weighted by molar-refractivity contribution is 6.28. The molecule has 0 N–H and O–H groups in total. The SMILES string of the molecule is N#Cc1cc2c(c3c1C1c4ccccc4C3c3ccccc31)c1cc3c(c4c5c6c(c(C#N)cc5n2c14)C1c2ccccc2C6c2ccccc21)C1c2ccccc2C12c1ccccc1C32. The Morgan fingerprint density at radius 3 is 1.20 bits per heavy atom. The average molecular weight is 832 g/mol. The zero-order valence-electron chi connectivity index (χ0n) is 35.4. The molecule has 300 valence electrons. The molecule has 4 bridgehead atoms. The third-order valence-electron chi connectivity index (χ3n) is 18.2. The number of nitrogens with zero attached hydrogens (tertiary/aromatic N) is 3. The van der Waals surface area contributed by atoms with Crippen LogP contribution in [-0.2, 0) is 5.41 Å². The minimum Gasteiger partial charge on any atom is -0.308 e. The second kappa shape index (κ2) is 10.6. The standard InChI is InChI=1S/C63H33N3/c64-28-30-25-46-54(57-48(30)50-32-13-1-5-17-36(32)52(57)37-18-6-2-14-33(37)50)43-27-42-55(61-41-22-10-12-24-45(41)63(61)44-23-11-9-21-40(44)60(42)63)59-56-47(66(46)62(43)59)26-31(29-65)49-51-34-15-3-7-19-38(34)53(58(49)56)39-20-8-4-16-35(39)51/h1-27,50-53,60-61H. The molecule has 3 unspecified atom stereocenters. The summed E-state index contributed by atoms with van der Waals surface area (Å²) in [5.41, 5.74) is 29.1. The number of fused-ring (bicyclic) bond motifs is 14. The molecule has 9 aliphatic carbocycles. The number of hydrogen-bond acceptors (Lipinski definition) is 2. The fourth-order valence-corrected chi connectivity index (χ4v) is 16.4. The number of aromatic nitrogens is 1. The van der Waals surface area contributed by atoms with Crippen molar-refractivity contribution in [1.29, 1.82) is 10.5 Å². The van der Waals surface area contributed by atoms with Gasteiger partial charge in [0.15, 0.2) is 0 Å². The lowest BCUT2D eigenvalue weighted by molar-refractivity contribution is 0.333. The van der Waals surface area contributed by atoms with E-state index in [2.05, 4.69) is 180 Å². The van der Waals surface area contributed by atoms with Crippen molar-refractivity contribution in [1.82, 2.24) is 4.40 Å². The van der Waals surface area contributed by atoms with Gasteiger partial charge in [0.2, 0.25) is 0 Å². The maximum atomic E-state index is 11.4. The van der Waals surface area contributed by atoms with Gasteiger partial charge in [-0.3, -0.25) is 0 Å². The predicted octanol–water partition coefficient (Wildman–Crippen LogP) is 13.4. The summed E-state index contributed by atoms with van der Waals surface area (Å²) in [6, 6.07) is 67.3. The maximum Gasteiger partial charge on any atom is 0.0995 e. The van der Waals surface area contributed by atoms with Crippen molar-refractivity contribution in [3.05, 3.63) is 275 Å². The van der Waals surface area contributed by atoms with E-state index in [0.29, 0.717) is 0 Å². The van der Waals surface area contributed by atoms with E-state index in [-0.39, 0.29) is 40.9 Å². The molecule has 9 aromatic carbocycles. The summed E-state index contributed by atoms with van der Waals surface area (Å²) in [5.74, 6) is 0.326. The number of benzene rings is 9. The first-order valence-corrected chi connectivity index (χ1v) is 23.5.